The van der Waals surface area contributed by atoms with Gasteiger partial charge in [-0.3, -0.25) is 0 Å². The Balaban J connectivity index is 2.15. The molecule has 106 valence electrons. The van der Waals surface area contributed by atoms with Crippen LogP contribution >= 0.6 is 0 Å². The van der Waals surface area contributed by atoms with Crippen LogP contribution in [0.5, 0.6) is 5.75 Å². The van der Waals surface area contributed by atoms with Crippen LogP contribution in [0.2, 0.25) is 0 Å². The summed E-state index contributed by atoms with van der Waals surface area (Å²) in [6.45, 7) is 5.65. The first-order valence-corrected chi connectivity index (χ1v) is 6.70. The molecule has 1 fully saturated rings. The molecule has 0 spiro atoms. The molecule has 0 aromatic heterocycles. The SMILES string of the molecule is CCNC(C)c1ccc(N2CC(O)C(O)C2)cc1O. The lowest BCUT2D eigenvalue weighted by atomic mass is 10.1. The van der Waals surface area contributed by atoms with E-state index in [-0.39, 0.29) is 11.8 Å². The van der Waals surface area contributed by atoms with Crippen molar-refractivity contribution in [1.29, 1.82) is 0 Å². The first kappa shape index (κ1) is 14.1. The van der Waals surface area contributed by atoms with E-state index in [4.69, 9.17) is 0 Å². The average molecular weight is 266 g/mol. The van der Waals surface area contributed by atoms with Gasteiger partial charge in [-0.15, -0.1) is 0 Å². The number of hydrogen-bond acceptors (Lipinski definition) is 5. The maximum absolute atomic E-state index is 10.1. The van der Waals surface area contributed by atoms with Gasteiger partial charge in [-0.2, -0.15) is 0 Å². The molecule has 1 aliphatic rings. The Morgan fingerprint density at radius 3 is 2.47 bits per heavy atom. The fourth-order valence-corrected chi connectivity index (χ4v) is 2.49. The van der Waals surface area contributed by atoms with E-state index in [1.54, 1.807) is 6.07 Å². The summed E-state index contributed by atoms with van der Waals surface area (Å²) in [6.07, 6.45) is -1.44. The van der Waals surface area contributed by atoms with E-state index < -0.39 is 12.2 Å². The molecule has 5 heteroatoms. The smallest absolute Gasteiger partial charge is 0.122 e. The van der Waals surface area contributed by atoms with E-state index in [0.29, 0.717) is 13.1 Å². The molecule has 3 unspecified atom stereocenters. The van der Waals surface area contributed by atoms with Crippen molar-refractivity contribution < 1.29 is 15.3 Å². The van der Waals surface area contributed by atoms with Gasteiger partial charge in [0.25, 0.3) is 0 Å². The van der Waals surface area contributed by atoms with Crippen LogP contribution < -0.4 is 10.2 Å². The second-order valence-corrected chi connectivity index (χ2v) is 5.06. The Morgan fingerprint density at radius 2 is 1.95 bits per heavy atom. The minimum atomic E-state index is -0.720. The second-order valence-electron chi connectivity index (χ2n) is 5.06. The third kappa shape index (κ3) is 3.00. The molecular formula is C14H22N2O3. The average Bonchev–Trinajstić information content (AvgIpc) is 2.69. The molecule has 5 nitrogen and oxygen atoms in total. The number of phenols is 1. The summed E-state index contributed by atoms with van der Waals surface area (Å²) in [5, 5.41) is 32.4. The van der Waals surface area contributed by atoms with Gasteiger partial charge in [-0.05, 0) is 19.5 Å². The van der Waals surface area contributed by atoms with Gasteiger partial charge in [0.15, 0.2) is 0 Å². The highest BCUT2D eigenvalue weighted by molar-refractivity contribution is 5.55. The Labute approximate surface area is 113 Å². The van der Waals surface area contributed by atoms with Crippen LogP contribution in [-0.2, 0) is 0 Å². The summed E-state index contributed by atoms with van der Waals surface area (Å²) in [7, 11) is 0. The summed E-state index contributed by atoms with van der Waals surface area (Å²) in [6, 6.07) is 5.57. The number of aromatic hydroxyl groups is 1. The highest BCUT2D eigenvalue weighted by Crippen LogP contribution is 2.30. The van der Waals surface area contributed by atoms with E-state index in [2.05, 4.69) is 5.32 Å². The quantitative estimate of drug-likeness (QED) is 0.642. The summed E-state index contributed by atoms with van der Waals surface area (Å²) in [5.41, 5.74) is 1.67. The number of anilines is 1. The number of nitrogens with zero attached hydrogens (tertiary/aromatic N) is 1. The molecule has 1 aromatic carbocycles. The van der Waals surface area contributed by atoms with Crippen molar-refractivity contribution in [3.63, 3.8) is 0 Å². The zero-order valence-corrected chi connectivity index (χ0v) is 11.4. The fraction of sp³-hybridized carbons (Fsp3) is 0.571. The number of rotatable bonds is 4. The van der Waals surface area contributed by atoms with Crippen molar-refractivity contribution >= 4 is 5.69 Å². The molecule has 0 radical (unpaired) electrons. The Hall–Kier alpha value is -1.30. The standard InChI is InChI=1S/C14H22N2O3/c1-3-15-9(2)11-5-4-10(6-12(11)17)16-7-13(18)14(19)8-16/h4-6,9,13-15,17-19H,3,7-8H2,1-2H3. The predicted octanol–water partition coefficient (Wildman–Crippen LogP) is 0.604. The lowest BCUT2D eigenvalue weighted by Gasteiger charge is -2.20. The van der Waals surface area contributed by atoms with Gasteiger partial charge in [0, 0.05) is 36.4 Å². The van der Waals surface area contributed by atoms with Crippen molar-refractivity contribution in [2.24, 2.45) is 0 Å². The van der Waals surface area contributed by atoms with Crippen molar-refractivity contribution in [2.45, 2.75) is 32.1 Å². The predicted molar refractivity (Wildman–Crippen MR) is 74.4 cm³/mol. The van der Waals surface area contributed by atoms with Crippen molar-refractivity contribution in [3.05, 3.63) is 23.8 Å². The Kier molecular flexibility index (Phi) is 4.29. The first-order valence-electron chi connectivity index (χ1n) is 6.70. The lowest BCUT2D eigenvalue weighted by molar-refractivity contribution is 0.0572. The summed E-state index contributed by atoms with van der Waals surface area (Å²) in [4.78, 5) is 1.87. The van der Waals surface area contributed by atoms with E-state index >= 15 is 0 Å². The largest absolute Gasteiger partial charge is 0.508 e. The molecule has 1 saturated heterocycles. The molecule has 4 N–H and O–H groups in total. The van der Waals surface area contributed by atoms with Crippen LogP contribution in [0.15, 0.2) is 18.2 Å². The van der Waals surface area contributed by atoms with Gasteiger partial charge in [0.05, 0.1) is 12.2 Å². The molecule has 0 amide bonds. The Morgan fingerprint density at radius 1 is 1.32 bits per heavy atom. The van der Waals surface area contributed by atoms with E-state index in [1.807, 2.05) is 30.9 Å². The number of aliphatic hydroxyl groups excluding tert-OH is 2. The zero-order chi connectivity index (χ0) is 14.0. The monoisotopic (exact) mass is 266 g/mol. The van der Waals surface area contributed by atoms with Gasteiger partial charge in [-0.1, -0.05) is 13.0 Å². The summed E-state index contributed by atoms with van der Waals surface area (Å²) < 4.78 is 0. The molecule has 19 heavy (non-hydrogen) atoms. The number of phenolic OH excluding ortho intramolecular Hbond substituents is 1. The van der Waals surface area contributed by atoms with Crippen molar-refractivity contribution in [3.8, 4) is 5.75 Å². The number of β-amino-alcohol motifs (C(OH)–C–C–N with tert-alkyl or cyclic N) is 2. The molecule has 0 aliphatic carbocycles. The van der Waals surface area contributed by atoms with Crippen LogP contribution in [0.4, 0.5) is 5.69 Å². The van der Waals surface area contributed by atoms with Crippen LogP contribution in [0, 0.1) is 0 Å². The third-order valence-electron chi connectivity index (χ3n) is 3.62. The van der Waals surface area contributed by atoms with E-state index in [0.717, 1.165) is 17.8 Å². The first-order chi connectivity index (χ1) is 9.02. The third-order valence-corrected chi connectivity index (χ3v) is 3.62. The number of aliphatic hydroxyl groups is 2. The molecule has 0 bridgehead atoms. The highest BCUT2D eigenvalue weighted by Gasteiger charge is 2.29. The van der Waals surface area contributed by atoms with Gasteiger partial charge in [0.1, 0.15) is 5.75 Å². The fourth-order valence-electron chi connectivity index (χ4n) is 2.49. The topological polar surface area (TPSA) is 76.0 Å². The second kappa shape index (κ2) is 5.77. The highest BCUT2D eigenvalue weighted by atomic mass is 16.3. The molecule has 0 saturated carbocycles. The van der Waals surface area contributed by atoms with Gasteiger partial charge in [-0.25, -0.2) is 0 Å². The van der Waals surface area contributed by atoms with Crippen LogP contribution in [0.3, 0.4) is 0 Å². The number of nitrogens with one attached hydrogen (secondary N) is 1. The van der Waals surface area contributed by atoms with Crippen molar-refractivity contribution in [1.82, 2.24) is 5.32 Å². The summed E-state index contributed by atoms with van der Waals surface area (Å²) in [5.74, 6) is 0.238. The van der Waals surface area contributed by atoms with Gasteiger partial charge in [0.2, 0.25) is 0 Å². The number of hydrogen-bond donors (Lipinski definition) is 4. The molecule has 1 aromatic rings. The zero-order valence-electron chi connectivity index (χ0n) is 11.4. The van der Waals surface area contributed by atoms with Crippen molar-refractivity contribution in [2.75, 3.05) is 24.5 Å². The minimum Gasteiger partial charge on any atom is -0.508 e. The van der Waals surface area contributed by atoms with Gasteiger partial charge >= 0.3 is 0 Å². The molecule has 1 heterocycles. The van der Waals surface area contributed by atoms with Gasteiger partial charge < -0.3 is 25.5 Å². The van der Waals surface area contributed by atoms with E-state index in [9.17, 15) is 15.3 Å². The lowest BCUT2D eigenvalue weighted by Crippen LogP contribution is -2.22. The van der Waals surface area contributed by atoms with Crippen LogP contribution in [-0.4, -0.2) is 47.2 Å². The van der Waals surface area contributed by atoms with Crippen LogP contribution in [0.1, 0.15) is 25.5 Å². The van der Waals surface area contributed by atoms with Crippen LogP contribution in [0.25, 0.3) is 0 Å². The summed E-state index contributed by atoms with van der Waals surface area (Å²) >= 11 is 0. The normalized spacial score (nSPS) is 24.7. The number of benzene rings is 1. The molecular weight excluding hydrogens is 244 g/mol. The Bertz CT molecular complexity index is 429. The van der Waals surface area contributed by atoms with E-state index in [1.165, 1.54) is 0 Å². The maximum atomic E-state index is 10.1. The minimum absolute atomic E-state index is 0.0915. The maximum Gasteiger partial charge on any atom is 0.122 e. The molecule has 3 atom stereocenters. The molecule has 2 rings (SSSR count). The molecule has 1 aliphatic heterocycles.